The Morgan fingerprint density at radius 2 is 2.54 bits per heavy atom. The van der Waals surface area contributed by atoms with Crippen LogP contribution in [0.25, 0.3) is 0 Å². The van der Waals surface area contributed by atoms with Crippen LogP contribution in [-0.4, -0.2) is 24.8 Å². The molecule has 0 saturated carbocycles. The number of aliphatic hydroxyl groups excluding tert-OH is 1. The molecule has 0 spiro atoms. The summed E-state index contributed by atoms with van der Waals surface area (Å²) in [7, 11) is 1.33. The Labute approximate surface area is 79.9 Å². The van der Waals surface area contributed by atoms with Crippen molar-refractivity contribution in [3.05, 3.63) is 21.9 Å². The molecule has 1 atom stereocenters. The first-order valence-corrected chi connectivity index (χ1v) is 4.60. The number of esters is 1. The first-order valence-electron chi connectivity index (χ1n) is 3.72. The van der Waals surface area contributed by atoms with Gasteiger partial charge in [-0.3, -0.25) is 0 Å². The van der Waals surface area contributed by atoms with Crippen molar-refractivity contribution in [2.75, 3.05) is 13.7 Å². The van der Waals surface area contributed by atoms with E-state index < -0.39 is 6.04 Å². The smallest absolute Gasteiger partial charge is 0.338 e. The van der Waals surface area contributed by atoms with Gasteiger partial charge < -0.3 is 15.6 Å². The Balaban J connectivity index is 2.80. The van der Waals surface area contributed by atoms with E-state index in [1.54, 1.807) is 11.4 Å². The van der Waals surface area contributed by atoms with Crippen LogP contribution in [0.1, 0.15) is 21.3 Å². The van der Waals surface area contributed by atoms with Crippen LogP contribution in [0.3, 0.4) is 0 Å². The number of hydrogen-bond donors (Lipinski definition) is 2. The SMILES string of the molecule is COC(=O)c1csc(C(N)CO)c1. The van der Waals surface area contributed by atoms with E-state index in [4.69, 9.17) is 10.8 Å². The Hall–Kier alpha value is -0.910. The number of hydrogen-bond acceptors (Lipinski definition) is 5. The summed E-state index contributed by atoms with van der Waals surface area (Å²) in [5.41, 5.74) is 6.04. The van der Waals surface area contributed by atoms with E-state index in [-0.39, 0.29) is 12.6 Å². The summed E-state index contributed by atoms with van der Waals surface area (Å²) in [4.78, 5) is 11.8. The highest BCUT2D eigenvalue weighted by Crippen LogP contribution is 2.20. The molecule has 72 valence electrons. The lowest BCUT2D eigenvalue weighted by Crippen LogP contribution is -2.12. The summed E-state index contributed by atoms with van der Waals surface area (Å²) in [5, 5.41) is 10.4. The van der Waals surface area contributed by atoms with Gasteiger partial charge in [-0.05, 0) is 6.07 Å². The molecule has 1 heterocycles. The van der Waals surface area contributed by atoms with Gasteiger partial charge in [-0.1, -0.05) is 0 Å². The number of rotatable bonds is 3. The molecule has 0 amide bonds. The maximum Gasteiger partial charge on any atom is 0.338 e. The normalized spacial score (nSPS) is 12.5. The van der Waals surface area contributed by atoms with E-state index >= 15 is 0 Å². The first kappa shape index (κ1) is 10.2. The van der Waals surface area contributed by atoms with Crippen LogP contribution in [0.2, 0.25) is 0 Å². The van der Waals surface area contributed by atoms with Gasteiger partial charge in [0.15, 0.2) is 0 Å². The Morgan fingerprint density at radius 3 is 3.08 bits per heavy atom. The second-order valence-corrected chi connectivity index (χ2v) is 3.46. The van der Waals surface area contributed by atoms with Gasteiger partial charge in [-0.2, -0.15) is 0 Å². The number of nitrogens with two attached hydrogens (primary N) is 1. The van der Waals surface area contributed by atoms with E-state index in [0.29, 0.717) is 5.56 Å². The van der Waals surface area contributed by atoms with Crippen LogP contribution < -0.4 is 5.73 Å². The van der Waals surface area contributed by atoms with Crippen LogP contribution in [-0.2, 0) is 4.74 Å². The fraction of sp³-hybridized carbons (Fsp3) is 0.375. The summed E-state index contributed by atoms with van der Waals surface area (Å²) < 4.78 is 4.53. The van der Waals surface area contributed by atoms with Crippen molar-refractivity contribution in [3.63, 3.8) is 0 Å². The van der Waals surface area contributed by atoms with Crippen molar-refractivity contribution >= 4 is 17.3 Å². The molecule has 3 N–H and O–H groups in total. The largest absolute Gasteiger partial charge is 0.465 e. The van der Waals surface area contributed by atoms with E-state index in [9.17, 15) is 4.79 Å². The molecule has 0 aliphatic rings. The molecular formula is C8H11NO3S. The minimum Gasteiger partial charge on any atom is -0.465 e. The van der Waals surface area contributed by atoms with Crippen molar-refractivity contribution in [1.29, 1.82) is 0 Å². The highest BCUT2D eigenvalue weighted by molar-refractivity contribution is 7.10. The van der Waals surface area contributed by atoms with Crippen LogP contribution in [0.4, 0.5) is 0 Å². The minimum absolute atomic E-state index is 0.124. The van der Waals surface area contributed by atoms with Crippen molar-refractivity contribution in [3.8, 4) is 0 Å². The third-order valence-corrected chi connectivity index (χ3v) is 2.67. The molecule has 0 aliphatic heterocycles. The summed E-state index contributed by atoms with van der Waals surface area (Å²) in [5.74, 6) is -0.382. The number of ether oxygens (including phenoxy) is 1. The molecule has 0 fully saturated rings. The highest BCUT2D eigenvalue weighted by Gasteiger charge is 2.12. The zero-order chi connectivity index (χ0) is 9.84. The molecule has 1 aromatic heterocycles. The van der Waals surface area contributed by atoms with Crippen LogP contribution >= 0.6 is 11.3 Å². The van der Waals surface area contributed by atoms with Crippen molar-refractivity contribution in [1.82, 2.24) is 0 Å². The van der Waals surface area contributed by atoms with Gasteiger partial charge in [-0.15, -0.1) is 11.3 Å². The number of carbonyl (C=O) groups excluding carboxylic acids is 1. The fourth-order valence-electron chi connectivity index (χ4n) is 0.862. The maximum absolute atomic E-state index is 11.0. The summed E-state index contributed by atoms with van der Waals surface area (Å²) in [6.07, 6.45) is 0. The Kier molecular flexibility index (Phi) is 3.41. The van der Waals surface area contributed by atoms with E-state index in [0.717, 1.165) is 4.88 Å². The van der Waals surface area contributed by atoms with Crippen LogP contribution in [0.5, 0.6) is 0 Å². The highest BCUT2D eigenvalue weighted by atomic mass is 32.1. The predicted octanol–water partition coefficient (Wildman–Crippen LogP) is 0.527. The molecule has 1 rings (SSSR count). The molecule has 1 aromatic rings. The van der Waals surface area contributed by atoms with Gasteiger partial charge in [0.05, 0.1) is 25.3 Å². The molecule has 5 heteroatoms. The first-order chi connectivity index (χ1) is 6.19. The van der Waals surface area contributed by atoms with Gasteiger partial charge in [-0.25, -0.2) is 4.79 Å². The maximum atomic E-state index is 11.0. The van der Waals surface area contributed by atoms with Crippen molar-refractivity contribution in [2.45, 2.75) is 6.04 Å². The fourth-order valence-corrected chi connectivity index (χ4v) is 1.73. The van der Waals surface area contributed by atoms with Gasteiger partial charge in [0.2, 0.25) is 0 Å². The number of methoxy groups -OCH3 is 1. The zero-order valence-electron chi connectivity index (χ0n) is 7.19. The molecule has 0 aliphatic carbocycles. The van der Waals surface area contributed by atoms with Gasteiger partial charge in [0.25, 0.3) is 0 Å². The quantitative estimate of drug-likeness (QED) is 0.699. The van der Waals surface area contributed by atoms with Crippen LogP contribution in [0.15, 0.2) is 11.4 Å². The standard InChI is InChI=1S/C8H11NO3S/c1-12-8(11)5-2-7(13-4-5)6(9)3-10/h2,4,6,10H,3,9H2,1H3. The van der Waals surface area contributed by atoms with Crippen molar-refractivity contribution in [2.24, 2.45) is 5.73 Å². The molecule has 0 bridgehead atoms. The topological polar surface area (TPSA) is 72.5 Å². The van der Waals surface area contributed by atoms with Gasteiger partial charge >= 0.3 is 5.97 Å². The third-order valence-electron chi connectivity index (χ3n) is 1.60. The summed E-state index contributed by atoms with van der Waals surface area (Å²) in [6, 6.07) is 1.22. The molecule has 1 unspecified atom stereocenters. The lowest BCUT2D eigenvalue weighted by Gasteiger charge is -2.02. The zero-order valence-corrected chi connectivity index (χ0v) is 8.00. The Morgan fingerprint density at radius 1 is 1.85 bits per heavy atom. The molecule has 4 nitrogen and oxygen atoms in total. The van der Waals surface area contributed by atoms with Gasteiger partial charge in [0, 0.05) is 10.3 Å². The van der Waals surface area contributed by atoms with Gasteiger partial charge in [0.1, 0.15) is 0 Å². The lowest BCUT2D eigenvalue weighted by atomic mass is 10.2. The summed E-state index contributed by atoms with van der Waals surface area (Å²) in [6.45, 7) is -0.124. The third kappa shape index (κ3) is 2.27. The molecule has 0 radical (unpaired) electrons. The van der Waals surface area contributed by atoms with E-state index in [1.807, 2.05) is 0 Å². The second-order valence-electron chi connectivity index (χ2n) is 2.52. The van der Waals surface area contributed by atoms with Crippen LogP contribution in [0, 0.1) is 0 Å². The molecule has 0 aromatic carbocycles. The monoisotopic (exact) mass is 201 g/mol. The average Bonchev–Trinajstić information content (AvgIpc) is 2.64. The molecule has 0 saturated heterocycles. The summed E-state index contributed by atoms with van der Waals surface area (Å²) >= 11 is 1.34. The number of carbonyl (C=O) groups is 1. The predicted molar refractivity (Wildman–Crippen MR) is 49.7 cm³/mol. The second kappa shape index (κ2) is 4.36. The van der Waals surface area contributed by atoms with E-state index in [2.05, 4.69) is 4.74 Å². The Bertz CT molecular complexity index is 297. The lowest BCUT2D eigenvalue weighted by molar-refractivity contribution is 0.0601. The number of thiophene rings is 1. The number of aliphatic hydroxyl groups is 1. The minimum atomic E-state index is -0.414. The molecule has 13 heavy (non-hydrogen) atoms. The molecular weight excluding hydrogens is 190 g/mol. The van der Waals surface area contributed by atoms with Crippen molar-refractivity contribution < 1.29 is 14.6 Å². The average molecular weight is 201 g/mol. The van der Waals surface area contributed by atoms with E-state index in [1.165, 1.54) is 18.4 Å².